The highest BCUT2D eigenvalue weighted by Gasteiger charge is 2.24. The van der Waals surface area contributed by atoms with Crippen molar-refractivity contribution in [3.63, 3.8) is 0 Å². The van der Waals surface area contributed by atoms with Gasteiger partial charge in [-0.25, -0.2) is 9.59 Å². The van der Waals surface area contributed by atoms with Gasteiger partial charge in [0.25, 0.3) is 5.56 Å². The summed E-state index contributed by atoms with van der Waals surface area (Å²) < 4.78 is 7.30. The van der Waals surface area contributed by atoms with Crippen molar-refractivity contribution >= 4 is 29.0 Å². The smallest absolute Gasteiger partial charge is 0.338 e. The number of Topliss-reactive ketones (excluding diaryl/α,β-unsaturated/α-hetero) is 1. The average molecular weight is 490 g/mol. The van der Waals surface area contributed by atoms with Crippen molar-refractivity contribution in [2.45, 2.75) is 33.4 Å². The molecule has 0 spiro atoms. The Morgan fingerprint density at radius 2 is 1.72 bits per heavy atom. The van der Waals surface area contributed by atoms with Gasteiger partial charge in [-0.2, -0.15) is 5.10 Å². The molecule has 0 saturated heterocycles. The molecule has 0 fully saturated rings. The summed E-state index contributed by atoms with van der Waals surface area (Å²) in [6.45, 7) is 3.80. The number of hydrogen-bond acceptors (Lipinski definition) is 8. The zero-order valence-corrected chi connectivity index (χ0v) is 20.1. The van der Waals surface area contributed by atoms with Crippen molar-refractivity contribution < 1.29 is 14.3 Å². The molecule has 0 unspecified atom stereocenters. The number of hydrogen-bond donors (Lipinski definition) is 1. The second-order valence-corrected chi connectivity index (χ2v) is 8.42. The van der Waals surface area contributed by atoms with Crippen LogP contribution < -0.4 is 22.0 Å². The molecule has 0 bridgehead atoms. The fourth-order valence-corrected chi connectivity index (χ4v) is 3.99. The first-order valence-electron chi connectivity index (χ1n) is 11.6. The number of carbonyl (C=O) groups excluding carboxylic acids is 2. The van der Waals surface area contributed by atoms with Gasteiger partial charge in [-0.15, -0.1) is 0 Å². The van der Waals surface area contributed by atoms with E-state index in [4.69, 9.17) is 10.5 Å². The molecule has 1 aliphatic heterocycles. The van der Waals surface area contributed by atoms with E-state index < -0.39 is 29.6 Å². The molecule has 186 valence electrons. The van der Waals surface area contributed by atoms with E-state index in [1.54, 1.807) is 43.3 Å². The van der Waals surface area contributed by atoms with E-state index in [2.05, 4.69) is 5.10 Å². The number of benzene rings is 2. The number of anilines is 2. The number of rotatable bonds is 8. The molecule has 0 amide bonds. The first-order valence-corrected chi connectivity index (χ1v) is 11.6. The van der Waals surface area contributed by atoms with Gasteiger partial charge in [0.05, 0.1) is 17.8 Å². The van der Waals surface area contributed by atoms with Crippen molar-refractivity contribution in [1.82, 2.24) is 9.13 Å². The monoisotopic (exact) mass is 489 g/mol. The number of hydrazone groups is 1. The number of nitrogens with two attached hydrogens (primary N) is 1. The van der Waals surface area contributed by atoms with Crippen LogP contribution in [0.2, 0.25) is 0 Å². The van der Waals surface area contributed by atoms with Crippen LogP contribution in [0.15, 0.2) is 69.3 Å². The van der Waals surface area contributed by atoms with Gasteiger partial charge in [0.2, 0.25) is 5.78 Å². The zero-order chi connectivity index (χ0) is 25.8. The van der Waals surface area contributed by atoms with Gasteiger partial charge in [0.1, 0.15) is 11.4 Å². The molecule has 2 N–H and O–H groups in total. The largest absolute Gasteiger partial charge is 0.454 e. The van der Waals surface area contributed by atoms with Gasteiger partial charge in [0.15, 0.2) is 6.61 Å². The summed E-state index contributed by atoms with van der Waals surface area (Å²) in [6.07, 6.45) is 0.882. The molecular weight excluding hydrogens is 462 g/mol. The molecule has 2 heterocycles. The first kappa shape index (κ1) is 24.6. The number of ether oxygens (including phenoxy) is 1. The fourth-order valence-electron chi connectivity index (χ4n) is 3.99. The fraction of sp³-hybridized carbons (Fsp3) is 0.269. The lowest BCUT2D eigenvalue weighted by Crippen LogP contribution is -2.44. The Morgan fingerprint density at radius 1 is 1.03 bits per heavy atom. The summed E-state index contributed by atoms with van der Waals surface area (Å²) in [7, 11) is 0. The maximum Gasteiger partial charge on any atom is 0.338 e. The van der Waals surface area contributed by atoms with Crippen molar-refractivity contribution in [2.24, 2.45) is 5.10 Å². The van der Waals surface area contributed by atoms with E-state index in [-0.39, 0.29) is 30.0 Å². The molecule has 0 atom stereocenters. The number of nitrogen functional groups attached to an aromatic ring is 1. The molecule has 10 heteroatoms. The topological polar surface area (TPSA) is 129 Å². The number of nitrogens with zero attached hydrogens (tertiary/aromatic N) is 4. The Morgan fingerprint density at radius 3 is 2.33 bits per heavy atom. The molecule has 2 aromatic carbocycles. The molecular formula is C26H27N5O5. The standard InChI is InChI=1S/C26H27N5O5/c1-3-29-24(33)22(23(27)30(26(29)35)15-18-7-5-4-6-8-18)21(32)16-36-25(34)19-9-11-20(12-10-19)31-14-13-17(2)28-31/h4-12H,3,13-16,27H2,1-2H3. The van der Waals surface area contributed by atoms with E-state index in [1.807, 2.05) is 30.1 Å². The van der Waals surface area contributed by atoms with Gasteiger partial charge in [-0.3, -0.25) is 23.7 Å². The van der Waals surface area contributed by atoms with E-state index in [9.17, 15) is 19.2 Å². The number of ketones is 1. The maximum atomic E-state index is 13.0. The Balaban J connectivity index is 1.53. The van der Waals surface area contributed by atoms with E-state index in [1.165, 1.54) is 4.57 Å². The van der Waals surface area contributed by atoms with Crippen LogP contribution in [0.3, 0.4) is 0 Å². The predicted molar refractivity (Wildman–Crippen MR) is 137 cm³/mol. The minimum absolute atomic E-state index is 0.0553. The second kappa shape index (κ2) is 10.4. The van der Waals surface area contributed by atoms with Gasteiger partial charge in [-0.1, -0.05) is 30.3 Å². The molecule has 1 aromatic heterocycles. The Kier molecular flexibility index (Phi) is 7.14. The number of esters is 1. The van der Waals surface area contributed by atoms with Crippen LogP contribution in [-0.2, 0) is 17.8 Å². The highest BCUT2D eigenvalue weighted by atomic mass is 16.5. The summed E-state index contributed by atoms with van der Waals surface area (Å²) in [5, 5.41) is 6.27. The van der Waals surface area contributed by atoms with Crippen LogP contribution in [0.4, 0.5) is 11.5 Å². The summed E-state index contributed by atoms with van der Waals surface area (Å²) in [5.41, 5.74) is 7.23. The third kappa shape index (κ3) is 4.97. The van der Waals surface area contributed by atoms with E-state index in [0.717, 1.165) is 34.5 Å². The van der Waals surface area contributed by atoms with Gasteiger partial charge >= 0.3 is 11.7 Å². The molecule has 36 heavy (non-hydrogen) atoms. The highest BCUT2D eigenvalue weighted by Crippen LogP contribution is 2.20. The van der Waals surface area contributed by atoms with E-state index >= 15 is 0 Å². The average Bonchev–Trinajstić information content (AvgIpc) is 3.32. The van der Waals surface area contributed by atoms with Crippen molar-refractivity contribution in [1.29, 1.82) is 0 Å². The Bertz CT molecular complexity index is 1440. The highest BCUT2D eigenvalue weighted by molar-refractivity contribution is 6.02. The molecule has 10 nitrogen and oxygen atoms in total. The van der Waals surface area contributed by atoms with Gasteiger partial charge in [0, 0.05) is 25.2 Å². The van der Waals surface area contributed by atoms with Crippen LogP contribution >= 0.6 is 0 Å². The lowest BCUT2D eigenvalue weighted by molar-refractivity contribution is 0.0474. The number of aromatic nitrogens is 2. The third-order valence-corrected chi connectivity index (χ3v) is 5.96. The Labute approximate surface area is 207 Å². The third-order valence-electron chi connectivity index (χ3n) is 5.96. The lowest BCUT2D eigenvalue weighted by atomic mass is 10.1. The summed E-state index contributed by atoms with van der Waals surface area (Å²) >= 11 is 0. The maximum absolute atomic E-state index is 13.0. The number of carbonyl (C=O) groups is 2. The molecule has 0 aliphatic carbocycles. The summed E-state index contributed by atoms with van der Waals surface area (Å²) in [6, 6.07) is 15.7. The van der Waals surface area contributed by atoms with Gasteiger partial charge in [-0.05, 0) is 43.7 Å². The quantitative estimate of drug-likeness (QED) is 0.380. The second-order valence-electron chi connectivity index (χ2n) is 8.42. The van der Waals surface area contributed by atoms with Crippen molar-refractivity contribution in [3.05, 3.63) is 92.1 Å². The molecule has 1 aliphatic rings. The molecule has 3 aromatic rings. The van der Waals surface area contributed by atoms with Crippen LogP contribution in [0, 0.1) is 0 Å². The van der Waals surface area contributed by atoms with Crippen LogP contribution in [0.5, 0.6) is 0 Å². The predicted octanol–water partition coefficient (Wildman–Crippen LogP) is 2.29. The molecule has 0 saturated carbocycles. The van der Waals surface area contributed by atoms with Crippen LogP contribution in [0.1, 0.15) is 46.5 Å². The minimum Gasteiger partial charge on any atom is -0.454 e. The van der Waals surface area contributed by atoms with Crippen LogP contribution in [-0.4, -0.2) is 39.8 Å². The van der Waals surface area contributed by atoms with Crippen LogP contribution in [0.25, 0.3) is 0 Å². The minimum atomic E-state index is -0.809. The molecule has 4 rings (SSSR count). The van der Waals surface area contributed by atoms with E-state index in [0.29, 0.717) is 0 Å². The van der Waals surface area contributed by atoms with Gasteiger partial charge < -0.3 is 10.5 Å². The Hall–Kier alpha value is -4.47. The molecule has 0 radical (unpaired) electrons. The lowest BCUT2D eigenvalue weighted by Gasteiger charge is -2.16. The first-order chi connectivity index (χ1) is 17.3. The SMILES string of the molecule is CCn1c(=O)c(C(=O)COC(=O)c2ccc(N3CCC(C)=N3)cc2)c(N)n(Cc2ccccc2)c1=O. The zero-order valence-electron chi connectivity index (χ0n) is 20.1. The van der Waals surface area contributed by atoms with Crippen molar-refractivity contribution in [3.8, 4) is 0 Å². The van der Waals surface area contributed by atoms with Crippen molar-refractivity contribution in [2.75, 3.05) is 23.9 Å². The summed E-state index contributed by atoms with van der Waals surface area (Å²) in [5.74, 6) is -1.76. The summed E-state index contributed by atoms with van der Waals surface area (Å²) in [4.78, 5) is 51.2. The normalized spacial score (nSPS) is 12.9.